The summed E-state index contributed by atoms with van der Waals surface area (Å²) in [6, 6.07) is 12.8. The number of ether oxygens (including phenoxy) is 1. The maximum absolute atomic E-state index is 14.2. The first-order valence-electron chi connectivity index (χ1n) is 8.53. The van der Waals surface area contributed by atoms with Crippen LogP contribution in [0.3, 0.4) is 0 Å². The quantitative estimate of drug-likeness (QED) is 0.615. The molecule has 2 heterocycles. The first-order chi connectivity index (χ1) is 12.6. The molecule has 0 aliphatic carbocycles. The van der Waals surface area contributed by atoms with Crippen molar-refractivity contribution < 1.29 is 9.13 Å². The van der Waals surface area contributed by atoms with Gasteiger partial charge in [-0.15, -0.1) is 0 Å². The molecule has 134 valence electrons. The molecular formula is C20H18ClFN2OS. The maximum atomic E-state index is 14.2. The van der Waals surface area contributed by atoms with E-state index in [1.807, 2.05) is 29.0 Å². The minimum Gasteiger partial charge on any atom is -0.378 e. The molecule has 0 N–H and O–H groups in total. The molecular weight excluding hydrogens is 371 g/mol. The number of aromatic nitrogens is 1. The van der Waals surface area contributed by atoms with E-state index in [0.717, 1.165) is 34.5 Å². The fourth-order valence-electron chi connectivity index (χ4n) is 3.34. The van der Waals surface area contributed by atoms with Crippen LogP contribution in [0, 0.1) is 5.82 Å². The third-order valence-electron chi connectivity index (χ3n) is 4.71. The van der Waals surface area contributed by atoms with Gasteiger partial charge >= 0.3 is 0 Å². The van der Waals surface area contributed by atoms with Gasteiger partial charge in [0.25, 0.3) is 0 Å². The zero-order valence-electron chi connectivity index (χ0n) is 14.1. The second-order valence-corrected chi connectivity index (χ2v) is 7.09. The molecule has 0 atom stereocenters. The van der Waals surface area contributed by atoms with Gasteiger partial charge in [-0.2, -0.15) is 0 Å². The monoisotopic (exact) mass is 388 g/mol. The van der Waals surface area contributed by atoms with Crippen LogP contribution in [0.5, 0.6) is 0 Å². The molecule has 6 heteroatoms. The SMILES string of the molecule is Fc1cccc(Cl)c1Cn1cc(C(=S)N2CCOCC2)c2ccccc21. The van der Waals surface area contributed by atoms with Gasteiger partial charge in [0.15, 0.2) is 0 Å². The Morgan fingerprint density at radius 1 is 1.12 bits per heavy atom. The van der Waals surface area contributed by atoms with Gasteiger partial charge in [-0.1, -0.05) is 48.1 Å². The molecule has 0 unspecified atom stereocenters. The van der Waals surface area contributed by atoms with Gasteiger partial charge in [0.05, 0.1) is 19.8 Å². The summed E-state index contributed by atoms with van der Waals surface area (Å²) < 4.78 is 21.7. The van der Waals surface area contributed by atoms with Crippen LogP contribution in [-0.4, -0.2) is 40.8 Å². The minimum absolute atomic E-state index is 0.299. The maximum Gasteiger partial charge on any atom is 0.129 e. The number of morpholine rings is 1. The molecule has 1 saturated heterocycles. The Morgan fingerprint density at radius 2 is 1.88 bits per heavy atom. The molecule has 2 aromatic carbocycles. The highest BCUT2D eigenvalue weighted by molar-refractivity contribution is 7.80. The van der Waals surface area contributed by atoms with Crippen molar-refractivity contribution in [3.8, 4) is 0 Å². The lowest BCUT2D eigenvalue weighted by Gasteiger charge is -2.29. The van der Waals surface area contributed by atoms with Gasteiger partial charge in [-0.3, -0.25) is 0 Å². The van der Waals surface area contributed by atoms with Crippen molar-refractivity contribution in [3.63, 3.8) is 0 Å². The number of halogens is 2. The van der Waals surface area contributed by atoms with Crippen molar-refractivity contribution in [1.82, 2.24) is 9.47 Å². The molecule has 0 saturated carbocycles. The lowest BCUT2D eigenvalue weighted by Crippen LogP contribution is -2.40. The lowest BCUT2D eigenvalue weighted by molar-refractivity contribution is 0.0693. The fourth-order valence-corrected chi connectivity index (χ4v) is 3.91. The molecule has 3 nitrogen and oxygen atoms in total. The molecule has 1 aliphatic heterocycles. The molecule has 0 bridgehead atoms. The highest BCUT2D eigenvalue weighted by atomic mass is 35.5. The van der Waals surface area contributed by atoms with Crippen LogP contribution in [0.1, 0.15) is 11.1 Å². The Kier molecular flexibility index (Phi) is 4.94. The van der Waals surface area contributed by atoms with Crippen LogP contribution in [0.25, 0.3) is 10.9 Å². The van der Waals surface area contributed by atoms with Crippen molar-refractivity contribution in [2.45, 2.75) is 6.54 Å². The largest absolute Gasteiger partial charge is 0.378 e. The standard InChI is InChI=1S/C20H18ClFN2OS/c21-17-5-3-6-18(22)16(17)13-24-12-15(14-4-1-2-7-19(14)24)20(26)23-8-10-25-11-9-23/h1-7,12H,8-11,13H2. The van der Waals surface area contributed by atoms with E-state index in [0.29, 0.717) is 30.3 Å². The first-order valence-corrected chi connectivity index (χ1v) is 9.31. The molecule has 1 aromatic heterocycles. The average molecular weight is 389 g/mol. The number of hydrogen-bond acceptors (Lipinski definition) is 2. The molecule has 1 fully saturated rings. The average Bonchev–Trinajstić information content (AvgIpc) is 3.04. The topological polar surface area (TPSA) is 17.4 Å². The van der Waals surface area contributed by atoms with Gasteiger partial charge in [-0.25, -0.2) is 4.39 Å². The summed E-state index contributed by atoms with van der Waals surface area (Å²) in [6.07, 6.45) is 2.01. The highest BCUT2D eigenvalue weighted by Crippen LogP contribution is 2.27. The van der Waals surface area contributed by atoms with Crippen molar-refractivity contribution in [3.05, 3.63) is 70.6 Å². The Bertz CT molecular complexity index is 945. The number of thiocarbonyl (C=S) groups is 1. The zero-order chi connectivity index (χ0) is 18.1. The second kappa shape index (κ2) is 7.35. The zero-order valence-corrected chi connectivity index (χ0v) is 15.7. The molecule has 0 amide bonds. The molecule has 1 aliphatic rings. The Labute approximate surface area is 161 Å². The fraction of sp³-hybridized carbons (Fsp3) is 0.250. The summed E-state index contributed by atoms with van der Waals surface area (Å²) in [7, 11) is 0. The molecule has 3 aromatic rings. The molecule has 0 spiro atoms. The van der Waals surface area contributed by atoms with Crippen LogP contribution in [0.2, 0.25) is 5.02 Å². The van der Waals surface area contributed by atoms with E-state index in [4.69, 9.17) is 28.6 Å². The van der Waals surface area contributed by atoms with Crippen molar-refractivity contribution >= 4 is 39.7 Å². The third-order valence-corrected chi connectivity index (χ3v) is 5.54. The predicted molar refractivity (Wildman–Crippen MR) is 107 cm³/mol. The van der Waals surface area contributed by atoms with E-state index >= 15 is 0 Å². The number of para-hydroxylation sites is 1. The predicted octanol–water partition coefficient (Wildman–Crippen LogP) is 4.49. The number of nitrogens with zero attached hydrogens (tertiary/aromatic N) is 2. The summed E-state index contributed by atoms with van der Waals surface area (Å²) in [5.41, 5.74) is 2.49. The van der Waals surface area contributed by atoms with E-state index in [-0.39, 0.29) is 5.82 Å². The Balaban J connectivity index is 1.75. The van der Waals surface area contributed by atoms with Crippen molar-refractivity contribution in [2.75, 3.05) is 26.3 Å². The Hall–Kier alpha value is -1.95. The van der Waals surface area contributed by atoms with Gasteiger partial charge in [0, 0.05) is 46.3 Å². The summed E-state index contributed by atoms with van der Waals surface area (Å²) in [4.78, 5) is 2.98. The Morgan fingerprint density at radius 3 is 2.65 bits per heavy atom. The van der Waals surface area contributed by atoms with Crippen LogP contribution in [0.4, 0.5) is 4.39 Å². The number of rotatable bonds is 3. The summed E-state index contributed by atoms with van der Waals surface area (Å²) >= 11 is 12.0. The molecule has 26 heavy (non-hydrogen) atoms. The number of benzene rings is 2. The van der Waals surface area contributed by atoms with Crippen LogP contribution < -0.4 is 0 Å². The smallest absolute Gasteiger partial charge is 0.129 e. The summed E-state index contributed by atoms with van der Waals surface area (Å²) in [6.45, 7) is 3.31. The van der Waals surface area contributed by atoms with Gasteiger partial charge in [0.2, 0.25) is 0 Å². The van der Waals surface area contributed by atoms with Gasteiger partial charge in [0.1, 0.15) is 10.8 Å². The number of hydrogen-bond donors (Lipinski definition) is 0. The normalized spacial score (nSPS) is 14.8. The molecule has 4 rings (SSSR count). The summed E-state index contributed by atoms with van der Waals surface area (Å²) in [5.74, 6) is -0.299. The second-order valence-electron chi connectivity index (χ2n) is 6.29. The minimum atomic E-state index is -0.299. The van der Waals surface area contributed by atoms with E-state index in [1.54, 1.807) is 12.1 Å². The van der Waals surface area contributed by atoms with Crippen LogP contribution in [-0.2, 0) is 11.3 Å². The summed E-state index contributed by atoms with van der Waals surface area (Å²) in [5, 5.41) is 1.50. The first kappa shape index (κ1) is 17.5. The van der Waals surface area contributed by atoms with Crippen molar-refractivity contribution in [2.24, 2.45) is 0 Å². The lowest BCUT2D eigenvalue weighted by atomic mass is 10.1. The van der Waals surface area contributed by atoms with E-state index in [2.05, 4.69) is 11.0 Å². The van der Waals surface area contributed by atoms with Crippen LogP contribution >= 0.6 is 23.8 Å². The van der Waals surface area contributed by atoms with Gasteiger partial charge in [-0.05, 0) is 18.2 Å². The highest BCUT2D eigenvalue weighted by Gasteiger charge is 2.20. The van der Waals surface area contributed by atoms with Crippen LogP contribution in [0.15, 0.2) is 48.7 Å². The van der Waals surface area contributed by atoms with E-state index in [9.17, 15) is 4.39 Å². The number of fused-ring (bicyclic) bond motifs is 1. The van der Waals surface area contributed by atoms with Crippen molar-refractivity contribution in [1.29, 1.82) is 0 Å². The van der Waals surface area contributed by atoms with Gasteiger partial charge < -0.3 is 14.2 Å². The molecule has 0 radical (unpaired) electrons. The van der Waals surface area contributed by atoms with E-state index in [1.165, 1.54) is 6.07 Å². The third kappa shape index (κ3) is 3.22. The van der Waals surface area contributed by atoms with E-state index < -0.39 is 0 Å².